The summed E-state index contributed by atoms with van der Waals surface area (Å²) in [6.45, 7) is 0. The van der Waals surface area contributed by atoms with E-state index in [2.05, 4.69) is 40.7 Å². The van der Waals surface area contributed by atoms with Crippen LogP contribution in [0.15, 0.2) is 93.5 Å². The topological polar surface area (TPSA) is 418 Å². The van der Waals surface area contributed by atoms with Gasteiger partial charge in [0.15, 0.2) is 5.75 Å². The first-order valence-corrected chi connectivity index (χ1v) is 22.0. The van der Waals surface area contributed by atoms with Gasteiger partial charge in [-0.2, -0.15) is 57.0 Å². The predicted molar refractivity (Wildman–Crippen MR) is 222 cm³/mol. The average Bonchev–Trinajstić information content (AvgIpc) is 3.04. The zero-order chi connectivity index (χ0) is 42.6. The summed E-state index contributed by atoms with van der Waals surface area (Å²) in [5.41, 5.74) is 0.798. The van der Waals surface area contributed by atoms with Crippen LogP contribution in [0.2, 0.25) is 10.6 Å². The molecule has 5 aromatic rings. The number of benzene rings is 4. The quantitative estimate of drug-likeness (QED) is 0.0408. The molecule has 0 spiro atoms. The number of halogens is 2. The Balaban J connectivity index is 0.00000744. The number of nitrogens with zero attached hydrogens (tertiary/aromatic N) is 7. The van der Waals surface area contributed by atoms with Gasteiger partial charge in [-0.15, -0.1) is 20.5 Å². The van der Waals surface area contributed by atoms with Gasteiger partial charge >= 0.3 is 0 Å². The monoisotopic (exact) mass is 1040 g/mol. The molecule has 4 aromatic carbocycles. The number of phenolic OH excluding ortho intramolecular Hbond substituents is 1. The van der Waals surface area contributed by atoms with E-state index in [4.69, 9.17) is 28.9 Å². The van der Waals surface area contributed by atoms with Crippen LogP contribution in [0.25, 0.3) is 10.8 Å². The van der Waals surface area contributed by atoms with Crippen LogP contribution in [0.1, 0.15) is 0 Å². The maximum atomic E-state index is 12.5. The molecule has 25 nitrogen and oxygen atoms in total. The number of nitrogens with two attached hydrogens (primary N) is 1. The van der Waals surface area contributed by atoms with Crippen molar-refractivity contribution >= 4 is 272 Å². The molecule has 0 bridgehead atoms. The molecule has 0 atom stereocenters. The molecule has 0 aliphatic rings. The number of nitrogens with one attached hydrogen (secondary N) is 1. The minimum atomic E-state index is -5.49. The molecule has 1 aromatic heterocycles. The van der Waals surface area contributed by atoms with Crippen LogP contribution in [-0.2, 0) is 50.6 Å². The van der Waals surface area contributed by atoms with Gasteiger partial charge in [0, 0.05) is 153 Å². The van der Waals surface area contributed by atoms with Crippen molar-refractivity contribution in [1.29, 1.82) is 0 Å². The van der Waals surface area contributed by atoms with Crippen LogP contribution in [0, 0.1) is 0 Å². The summed E-state index contributed by atoms with van der Waals surface area (Å²) in [7, 11) is -26.4. The normalized spacial score (nSPS) is 12.1. The number of hydrogen-bond donors (Lipinski definition) is 8. The standard InChI is InChI=1S/C25H17Cl2N9O16S5.5Na/c26-23-30-24(27)32-25(31-23)29-10-1-3-14(54(41,42)43)12(7-10)33-36-21-17(57(50,51)52)6-9-5-16(56(47,48)49)20(19(28)18(9)22(21)37)35-34-13-8-11(53(38,39)40)2-4-15(13)55(44,45)46;;;;;/h1-8,37H,28H2,(H,38,39,40)(H,41,42,43)(H,44,45,46)(H,47,48,49)(H,50,51,52)(H,29,30,31,32);;;;;. The van der Waals surface area contributed by atoms with Gasteiger partial charge in [-0.1, -0.05) is 0 Å². The molecule has 0 fully saturated rings. The predicted octanol–water partition coefficient (Wildman–Crippen LogP) is 2.52. The maximum absolute atomic E-state index is 12.5. The van der Waals surface area contributed by atoms with E-state index in [1.807, 2.05) is 0 Å². The summed E-state index contributed by atoms with van der Waals surface area (Å²) in [5.74, 6) is -1.64. The van der Waals surface area contributed by atoms with Gasteiger partial charge in [0.05, 0.1) is 16.0 Å². The van der Waals surface area contributed by atoms with E-state index >= 15 is 0 Å². The second-order valence-corrected chi connectivity index (χ2v) is 18.4. The van der Waals surface area contributed by atoms with Crippen molar-refractivity contribution in [2.75, 3.05) is 11.1 Å². The van der Waals surface area contributed by atoms with Crippen molar-refractivity contribution in [2.24, 2.45) is 20.5 Å². The smallest absolute Gasteiger partial charge is 0.296 e. The molecule has 0 aliphatic heterocycles. The van der Waals surface area contributed by atoms with Crippen molar-refractivity contribution in [3.8, 4) is 5.75 Å². The van der Waals surface area contributed by atoms with Gasteiger partial charge in [-0.05, 0) is 77.1 Å². The molecule has 9 N–H and O–H groups in total. The van der Waals surface area contributed by atoms with Crippen molar-refractivity contribution in [2.45, 2.75) is 24.5 Å². The van der Waals surface area contributed by atoms with Crippen LogP contribution in [0.4, 0.5) is 40.1 Å². The number of nitrogen functional groups attached to an aromatic ring is 1. The molecule has 0 amide bonds. The fourth-order valence-corrected chi connectivity index (χ4v) is 8.07. The summed E-state index contributed by atoms with van der Waals surface area (Å²) in [5, 5.41) is 25.7. The molecule has 62 heavy (non-hydrogen) atoms. The molecule has 5 rings (SSSR count). The van der Waals surface area contributed by atoms with Gasteiger partial charge in [-0.25, -0.2) is 0 Å². The number of hydrogen-bond acceptors (Lipinski definition) is 20. The fraction of sp³-hybridized carbons (Fsp3) is 0. The van der Waals surface area contributed by atoms with Crippen LogP contribution in [-0.4, -0.2) is 233 Å². The Kier molecular flexibility index (Phi) is 23.2. The second kappa shape index (κ2) is 23.3. The fourth-order valence-electron chi connectivity index (χ4n) is 4.67. The van der Waals surface area contributed by atoms with E-state index in [0.29, 0.717) is 30.3 Å². The number of aromatic nitrogens is 3. The second-order valence-electron chi connectivity index (χ2n) is 10.7. The zero-order valence-corrected chi connectivity index (χ0v) is 47.5. The van der Waals surface area contributed by atoms with Crippen LogP contribution < -0.4 is 11.1 Å². The Morgan fingerprint density at radius 2 is 0.952 bits per heavy atom. The first-order valence-electron chi connectivity index (χ1n) is 14.0. The maximum Gasteiger partial charge on any atom is 0.296 e. The molecular weight excluding hydrogens is 1030 g/mol. The summed E-state index contributed by atoms with van der Waals surface area (Å²) >= 11 is 11.5. The average molecular weight is 1050 g/mol. The molecule has 0 saturated carbocycles. The number of azo groups is 2. The first-order chi connectivity index (χ1) is 26.1. The Labute approximate surface area is 470 Å². The molecule has 37 heteroatoms. The molecule has 5 radical (unpaired) electrons. The molecule has 1 heterocycles. The van der Waals surface area contributed by atoms with E-state index in [1.165, 1.54) is 0 Å². The van der Waals surface area contributed by atoms with E-state index in [9.17, 15) is 70.0 Å². The Morgan fingerprint density at radius 1 is 0.532 bits per heavy atom. The largest absolute Gasteiger partial charge is 0.505 e. The molecule has 0 aliphatic carbocycles. The molecule has 0 saturated heterocycles. The number of phenols is 1. The van der Waals surface area contributed by atoms with Crippen LogP contribution in [0.3, 0.4) is 0 Å². The third-order valence-electron chi connectivity index (χ3n) is 6.97. The number of anilines is 3. The third kappa shape index (κ3) is 14.9. The van der Waals surface area contributed by atoms with Gasteiger partial charge in [0.1, 0.15) is 42.3 Å². The van der Waals surface area contributed by atoms with Crippen LogP contribution >= 0.6 is 23.2 Å². The molecule has 0 unspecified atom stereocenters. The van der Waals surface area contributed by atoms with Crippen molar-refractivity contribution in [3.63, 3.8) is 0 Å². The van der Waals surface area contributed by atoms with Crippen LogP contribution in [0.5, 0.6) is 5.75 Å². The van der Waals surface area contributed by atoms with E-state index in [1.54, 1.807) is 0 Å². The zero-order valence-electron chi connectivity index (χ0n) is 31.9. The summed E-state index contributed by atoms with van der Waals surface area (Å²) in [4.78, 5) is 5.30. The van der Waals surface area contributed by atoms with Crippen molar-refractivity contribution < 1.29 is 70.0 Å². The SMILES string of the molecule is Nc1c(N=Nc2cc(S(=O)(=O)O)ccc2S(=O)(=O)O)c(S(=O)(=O)O)cc2cc(S(=O)(=O)O)c(N=Nc3cc(Nc4nc(Cl)nc(Cl)n4)ccc3S(=O)(=O)O)c(O)c12.[Na].[Na].[Na].[Na].[Na]. The number of fused-ring (bicyclic) bond motifs is 1. The summed E-state index contributed by atoms with van der Waals surface area (Å²) in [6, 6.07) is 5.02. The van der Waals surface area contributed by atoms with Gasteiger partial charge < -0.3 is 16.2 Å². The molecular formula is C25H17Cl2N9Na5O16S5. The van der Waals surface area contributed by atoms with E-state index < -0.39 is 120 Å². The Hall–Kier alpha value is -0.120. The van der Waals surface area contributed by atoms with Gasteiger partial charge in [-0.3, -0.25) is 22.8 Å². The van der Waals surface area contributed by atoms with E-state index in [-0.39, 0.29) is 170 Å². The van der Waals surface area contributed by atoms with Gasteiger partial charge in [0.2, 0.25) is 16.5 Å². The van der Waals surface area contributed by atoms with E-state index in [0.717, 1.165) is 18.2 Å². The minimum Gasteiger partial charge on any atom is -0.505 e. The van der Waals surface area contributed by atoms with Gasteiger partial charge in [0.25, 0.3) is 50.6 Å². The summed E-state index contributed by atoms with van der Waals surface area (Å²) in [6.07, 6.45) is 0. The minimum absolute atomic E-state index is 0. The number of aromatic hydroxyl groups is 1. The first kappa shape index (κ1) is 61.9. The Morgan fingerprint density at radius 3 is 1.40 bits per heavy atom. The molecule has 307 valence electrons. The van der Waals surface area contributed by atoms with Crippen molar-refractivity contribution in [3.05, 3.63) is 59.1 Å². The Bertz CT molecular complexity index is 3190. The van der Waals surface area contributed by atoms with Crippen molar-refractivity contribution in [1.82, 2.24) is 15.0 Å². The number of rotatable bonds is 11. The third-order valence-corrected chi connectivity index (χ3v) is 11.7. The summed E-state index contributed by atoms with van der Waals surface area (Å²) < 4.78 is 170.